The molecule has 3 nitrogen and oxygen atoms in total. The number of hydrogen-bond acceptors (Lipinski definition) is 3. The van der Waals surface area contributed by atoms with Crippen molar-refractivity contribution < 1.29 is 27.1 Å². The summed E-state index contributed by atoms with van der Waals surface area (Å²) in [4.78, 5) is 10.5. The Hall–Kier alpha value is -2.24. The van der Waals surface area contributed by atoms with E-state index < -0.39 is 6.36 Å². The first-order valence-electron chi connectivity index (χ1n) is 4.90. The van der Waals surface area contributed by atoms with E-state index in [1.165, 1.54) is 30.3 Å². The highest BCUT2D eigenvalue weighted by molar-refractivity contribution is 5.74. The van der Waals surface area contributed by atoms with Gasteiger partial charge >= 0.3 is 6.36 Å². The Morgan fingerprint density at radius 3 is 2.44 bits per heavy atom. The number of rotatable bonds is 3. The van der Waals surface area contributed by atoms with Gasteiger partial charge in [-0.3, -0.25) is 4.79 Å². The van der Waals surface area contributed by atoms with Crippen molar-refractivity contribution in [2.24, 2.45) is 0 Å². The maximum absolute atomic E-state index is 12.2. The molecule has 2 aromatic rings. The van der Waals surface area contributed by atoms with Gasteiger partial charge in [0.05, 0.1) is 5.56 Å². The normalized spacial score (nSPS) is 11.3. The summed E-state index contributed by atoms with van der Waals surface area (Å²) >= 11 is 0. The molecule has 0 N–H and O–H groups in total. The maximum atomic E-state index is 12.2. The van der Waals surface area contributed by atoms with Crippen LogP contribution in [0.4, 0.5) is 13.2 Å². The zero-order chi connectivity index (χ0) is 13.2. The van der Waals surface area contributed by atoms with Crippen molar-refractivity contribution in [2.75, 3.05) is 0 Å². The molecule has 1 aromatic heterocycles. The minimum Gasteiger partial charge on any atom is -0.453 e. The monoisotopic (exact) mass is 256 g/mol. The molecule has 0 saturated heterocycles. The number of hydrogen-bond donors (Lipinski definition) is 0. The molecule has 0 aliphatic rings. The number of furan rings is 1. The average Bonchev–Trinajstić information content (AvgIpc) is 2.76. The minimum atomic E-state index is -4.78. The SMILES string of the molecule is O=Cc1ccc(-c2ccccc2OC(F)(F)F)o1. The molecule has 0 amide bonds. The van der Waals surface area contributed by atoms with Crippen LogP contribution in [0.15, 0.2) is 40.8 Å². The Kier molecular flexibility index (Phi) is 3.10. The lowest BCUT2D eigenvalue weighted by Gasteiger charge is -2.11. The molecule has 0 unspecified atom stereocenters. The fourth-order valence-electron chi connectivity index (χ4n) is 1.44. The highest BCUT2D eigenvalue weighted by atomic mass is 19.4. The summed E-state index contributed by atoms with van der Waals surface area (Å²) in [6.07, 6.45) is -4.31. The zero-order valence-corrected chi connectivity index (χ0v) is 8.90. The van der Waals surface area contributed by atoms with Crippen LogP contribution >= 0.6 is 0 Å². The molecule has 94 valence electrons. The molecule has 0 fully saturated rings. The molecule has 0 aliphatic heterocycles. The first-order chi connectivity index (χ1) is 8.49. The Bertz CT molecular complexity index is 558. The standard InChI is InChI=1S/C12H7F3O3/c13-12(14,15)18-11-4-2-1-3-9(11)10-6-5-8(7-16)17-10/h1-7H. The van der Waals surface area contributed by atoms with Crippen LogP contribution in [0.2, 0.25) is 0 Å². The minimum absolute atomic E-state index is 0.0341. The second-order valence-corrected chi connectivity index (χ2v) is 3.36. The van der Waals surface area contributed by atoms with E-state index in [9.17, 15) is 18.0 Å². The quantitative estimate of drug-likeness (QED) is 0.787. The van der Waals surface area contributed by atoms with Gasteiger partial charge in [0, 0.05) is 0 Å². The Morgan fingerprint density at radius 2 is 1.83 bits per heavy atom. The molecule has 6 heteroatoms. The van der Waals surface area contributed by atoms with Gasteiger partial charge in [0.15, 0.2) is 12.0 Å². The first-order valence-corrected chi connectivity index (χ1v) is 4.90. The van der Waals surface area contributed by atoms with Gasteiger partial charge in [-0.2, -0.15) is 0 Å². The Labute approximate surface area is 99.8 Å². The second kappa shape index (κ2) is 4.56. The summed E-state index contributed by atoms with van der Waals surface area (Å²) < 4.78 is 45.5. The maximum Gasteiger partial charge on any atom is 0.573 e. The Balaban J connectivity index is 2.41. The number of carbonyl (C=O) groups excluding carboxylic acids is 1. The van der Waals surface area contributed by atoms with Gasteiger partial charge in [-0.15, -0.1) is 13.2 Å². The average molecular weight is 256 g/mol. The largest absolute Gasteiger partial charge is 0.573 e. The molecule has 1 aromatic carbocycles. The molecular formula is C12H7F3O3. The van der Waals surface area contributed by atoms with Crippen LogP contribution < -0.4 is 4.74 Å². The summed E-state index contributed by atoms with van der Waals surface area (Å²) in [6, 6.07) is 8.31. The topological polar surface area (TPSA) is 39.4 Å². The van der Waals surface area contributed by atoms with Crippen molar-refractivity contribution in [3.8, 4) is 17.1 Å². The highest BCUT2D eigenvalue weighted by Gasteiger charge is 2.32. The third kappa shape index (κ3) is 2.71. The molecule has 1 heterocycles. The number of carbonyl (C=O) groups is 1. The van der Waals surface area contributed by atoms with Gasteiger partial charge in [-0.25, -0.2) is 0 Å². The fraction of sp³-hybridized carbons (Fsp3) is 0.0833. The van der Waals surface area contributed by atoms with Crippen LogP contribution in [0.5, 0.6) is 5.75 Å². The van der Waals surface area contributed by atoms with E-state index in [4.69, 9.17) is 4.42 Å². The predicted octanol–water partition coefficient (Wildman–Crippen LogP) is 3.66. The summed E-state index contributed by atoms with van der Waals surface area (Å²) in [5.74, 6) is -0.208. The van der Waals surface area contributed by atoms with Gasteiger partial charge in [-0.1, -0.05) is 12.1 Å². The van der Waals surface area contributed by atoms with Crippen molar-refractivity contribution in [3.05, 3.63) is 42.2 Å². The number of halogens is 3. The van der Waals surface area contributed by atoms with E-state index in [0.717, 1.165) is 0 Å². The van der Waals surface area contributed by atoms with Crippen LogP contribution in [0.3, 0.4) is 0 Å². The van der Waals surface area contributed by atoms with Crippen LogP contribution in [0, 0.1) is 0 Å². The summed E-state index contributed by atoms with van der Waals surface area (Å²) in [6.45, 7) is 0. The van der Waals surface area contributed by atoms with Gasteiger partial charge < -0.3 is 9.15 Å². The van der Waals surface area contributed by atoms with E-state index in [-0.39, 0.29) is 22.8 Å². The molecule has 0 radical (unpaired) electrons. The van der Waals surface area contributed by atoms with Crippen molar-refractivity contribution in [1.82, 2.24) is 0 Å². The van der Waals surface area contributed by atoms with Crippen LogP contribution in [-0.4, -0.2) is 12.6 Å². The molecule has 0 aliphatic carbocycles. The van der Waals surface area contributed by atoms with Crippen molar-refractivity contribution in [1.29, 1.82) is 0 Å². The van der Waals surface area contributed by atoms with Crippen molar-refractivity contribution in [2.45, 2.75) is 6.36 Å². The molecule has 0 saturated carbocycles. The number of ether oxygens (including phenoxy) is 1. The number of para-hydroxylation sites is 1. The van der Waals surface area contributed by atoms with Gasteiger partial charge in [0.1, 0.15) is 11.5 Å². The van der Waals surface area contributed by atoms with E-state index in [1.54, 1.807) is 6.07 Å². The summed E-state index contributed by atoms with van der Waals surface area (Å²) in [7, 11) is 0. The van der Waals surface area contributed by atoms with Crippen LogP contribution in [0.1, 0.15) is 10.6 Å². The summed E-state index contributed by atoms with van der Waals surface area (Å²) in [5, 5.41) is 0. The lowest BCUT2D eigenvalue weighted by atomic mass is 10.1. The Morgan fingerprint density at radius 1 is 1.11 bits per heavy atom. The van der Waals surface area contributed by atoms with Crippen molar-refractivity contribution in [3.63, 3.8) is 0 Å². The van der Waals surface area contributed by atoms with E-state index in [2.05, 4.69) is 4.74 Å². The van der Waals surface area contributed by atoms with E-state index in [0.29, 0.717) is 6.29 Å². The smallest absolute Gasteiger partial charge is 0.453 e. The lowest BCUT2D eigenvalue weighted by Crippen LogP contribution is -2.17. The first kappa shape index (κ1) is 12.2. The van der Waals surface area contributed by atoms with Gasteiger partial charge in [0.2, 0.25) is 0 Å². The number of aldehydes is 1. The zero-order valence-electron chi connectivity index (χ0n) is 8.90. The fourth-order valence-corrected chi connectivity index (χ4v) is 1.44. The van der Waals surface area contributed by atoms with Gasteiger partial charge in [0.25, 0.3) is 0 Å². The van der Waals surface area contributed by atoms with E-state index >= 15 is 0 Å². The van der Waals surface area contributed by atoms with Crippen LogP contribution in [-0.2, 0) is 0 Å². The molecular weight excluding hydrogens is 249 g/mol. The summed E-state index contributed by atoms with van der Waals surface area (Å²) in [5.41, 5.74) is 0.128. The van der Waals surface area contributed by atoms with Crippen molar-refractivity contribution >= 4 is 6.29 Å². The molecule has 0 atom stereocenters. The molecule has 0 bridgehead atoms. The molecule has 0 spiro atoms. The number of alkyl halides is 3. The van der Waals surface area contributed by atoms with Crippen LogP contribution in [0.25, 0.3) is 11.3 Å². The van der Waals surface area contributed by atoms with E-state index in [1.807, 2.05) is 0 Å². The third-order valence-corrected chi connectivity index (χ3v) is 2.12. The van der Waals surface area contributed by atoms with Gasteiger partial charge in [-0.05, 0) is 24.3 Å². The highest BCUT2D eigenvalue weighted by Crippen LogP contribution is 2.34. The predicted molar refractivity (Wildman–Crippen MR) is 56.2 cm³/mol. The third-order valence-electron chi connectivity index (χ3n) is 2.12. The number of benzene rings is 1. The lowest BCUT2D eigenvalue weighted by molar-refractivity contribution is -0.274. The second-order valence-electron chi connectivity index (χ2n) is 3.36. The molecule has 2 rings (SSSR count). The molecule has 18 heavy (non-hydrogen) atoms.